The van der Waals surface area contributed by atoms with Gasteiger partial charge < -0.3 is 0 Å². The number of carbonyl (C=O) groups excluding carboxylic acids is 1. The monoisotopic (exact) mass is 250 g/mol. The van der Waals surface area contributed by atoms with Crippen LogP contribution in [0.5, 0.6) is 0 Å². The first-order valence-electron chi connectivity index (χ1n) is 4.71. The minimum absolute atomic E-state index is 0.459. The summed E-state index contributed by atoms with van der Waals surface area (Å²) in [4.78, 5) is 10.8. The molecule has 0 unspecified atom stereocenters. The van der Waals surface area contributed by atoms with E-state index >= 15 is 0 Å². The topological polar surface area (TPSA) is 17.1 Å². The molecule has 0 amide bonds. The van der Waals surface area contributed by atoms with Crippen molar-refractivity contribution < 1.29 is 4.79 Å². The molecule has 3 heteroatoms. The van der Waals surface area contributed by atoms with Crippen LogP contribution in [-0.2, 0) is 0 Å². The molecule has 0 aliphatic rings. The molecule has 0 aromatic heterocycles. The summed E-state index contributed by atoms with van der Waals surface area (Å²) in [5.74, 6) is 0. The Kier molecular flexibility index (Phi) is 3.28. The van der Waals surface area contributed by atoms with Gasteiger partial charge in [-0.15, -0.1) is 0 Å². The molecular formula is C13H8Cl2O. The van der Waals surface area contributed by atoms with Gasteiger partial charge >= 0.3 is 0 Å². The van der Waals surface area contributed by atoms with E-state index < -0.39 is 0 Å². The third kappa shape index (κ3) is 2.26. The Morgan fingerprint density at radius 2 is 1.69 bits per heavy atom. The maximum absolute atomic E-state index is 10.8. The molecule has 2 rings (SSSR count). The lowest BCUT2D eigenvalue weighted by atomic mass is 10.0. The second-order valence-corrected chi connectivity index (χ2v) is 4.21. The smallest absolute Gasteiger partial charge is 0.151 e. The standard InChI is InChI=1S/C13H8Cl2O/c14-12-3-1-2-9(7-12)10-4-5-13(15)11(6-10)8-16/h1-8H. The number of hydrogen-bond donors (Lipinski definition) is 0. The fourth-order valence-electron chi connectivity index (χ4n) is 1.48. The zero-order chi connectivity index (χ0) is 11.5. The maximum atomic E-state index is 10.8. The van der Waals surface area contributed by atoms with Crippen molar-refractivity contribution in [3.8, 4) is 11.1 Å². The second-order valence-electron chi connectivity index (χ2n) is 3.36. The number of aldehydes is 1. The third-order valence-electron chi connectivity index (χ3n) is 2.28. The molecule has 0 atom stereocenters. The summed E-state index contributed by atoms with van der Waals surface area (Å²) in [6, 6.07) is 12.8. The van der Waals surface area contributed by atoms with E-state index in [1.807, 2.05) is 30.3 Å². The number of halogens is 2. The van der Waals surface area contributed by atoms with Crippen molar-refractivity contribution in [2.24, 2.45) is 0 Å². The number of hydrogen-bond acceptors (Lipinski definition) is 1. The van der Waals surface area contributed by atoms with Gasteiger partial charge in [0.2, 0.25) is 0 Å². The van der Waals surface area contributed by atoms with E-state index in [0.717, 1.165) is 17.4 Å². The molecule has 1 nitrogen and oxygen atoms in total. The van der Waals surface area contributed by atoms with Gasteiger partial charge in [-0.1, -0.05) is 41.4 Å². The SMILES string of the molecule is O=Cc1cc(-c2cccc(Cl)c2)ccc1Cl. The van der Waals surface area contributed by atoms with Crippen LogP contribution in [0.25, 0.3) is 11.1 Å². The Bertz CT molecular complexity index is 535. The van der Waals surface area contributed by atoms with Gasteiger partial charge in [0.25, 0.3) is 0 Å². The summed E-state index contributed by atoms with van der Waals surface area (Å²) >= 11 is 11.8. The third-order valence-corrected chi connectivity index (χ3v) is 2.86. The van der Waals surface area contributed by atoms with Gasteiger partial charge in [0.1, 0.15) is 0 Å². The van der Waals surface area contributed by atoms with E-state index in [0.29, 0.717) is 15.6 Å². The molecule has 0 N–H and O–H groups in total. The number of carbonyl (C=O) groups is 1. The first-order valence-corrected chi connectivity index (χ1v) is 5.47. The van der Waals surface area contributed by atoms with E-state index in [1.165, 1.54) is 0 Å². The quantitative estimate of drug-likeness (QED) is 0.719. The summed E-state index contributed by atoms with van der Waals surface area (Å²) < 4.78 is 0. The van der Waals surface area contributed by atoms with Gasteiger partial charge in [0, 0.05) is 10.6 Å². The summed E-state index contributed by atoms with van der Waals surface area (Å²) in [7, 11) is 0. The van der Waals surface area contributed by atoms with Crippen molar-refractivity contribution in [3.63, 3.8) is 0 Å². The summed E-state index contributed by atoms with van der Waals surface area (Å²) in [6.45, 7) is 0. The predicted molar refractivity (Wildman–Crippen MR) is 67.3 cm³/mol. The second kappa shape index (κ2) is 4.69. The van der Waals surface area contributed by atoms with Crippen LogP contribution in [-0.4, -0.2) is 6.29 Å². The van der Waals surface area contributed by atoms with Crippen LogP contribution < -0.4 is 0 Å². The molecule has 2 aromatic rings. The predicted octanol–water partition coefficient (Wildman–Crippen LogP) is 4.47. The number of benzene rings is 2. The fraction of sp³-hybridized carbons (Fsp3) is 0. The van der Waals surface area contributed by atoms with Crippen molar-refractivity contribution in [3.05, 3.63) is 58.1 Å². The van der Waals surface area contributed by atoms with E-state index in [1.54, 1.807) is 12.1 Å². The highest BCUT2D eigenvalue weighted by atomic mass is 35.5. The summed E-state index contributed by atoms with van der Waals surface area (Å²) in [5.41, 5.74) is 2.38. The Balaban J connectivity index is 2.52. The Hall–Kier alpha value is -1.31. The molecule has 2 aromatic carbocycles. The molecule has 0 saturated carbocycles. The zero-order valence-corrected chi connectivity index (χ0v) is 9.79. The van der Waals surface area contributed by atoms with Crippen LogP contribution >= 0.6 is 23.2 Å². The normalized spacial score (nSPS) is 10.1. The minimum atomic E-state index is 0.459. The maximum Gasteiger partial charge on any atom is 0.151 e. The first-order chi connectivity index (χ1) is 7.70. The van der Waals surface area contributed by atoms with E-state index in [2.05, 4.69) is 0 Å². The van der Waals surface area contributed by atoms with Gasteiger partial charge in [0.15, 0.2) is 6.29 Å². The van der Waals surface area contributed by atoms with E-state index in [9.17, 15) is 4.79 Å². The molecule has 0 heterocycles. The molecule has 16 heavy (non-hydrogen) atoms. The fourth-order valence-corrected chi connectivity index (χ4v) is 1.83. The van der Waals surface area contributed by atoms with E-state index in [4.69, 9.17) is 23.2 Å². The van der Waals surface area contributed by atoms with Crippen LogP contribution in [0.1, 0.15) is 10.4 Å². The lowest BCUT2D eigenvalue weighted by Crippen LogP contribution is -1.84. The average Bonchev–Trinajstić information content (AvgIpc) is 2.29. The minimum Gasteiger partial charge on any atom is -0.298 e. The highest BCUT2D eigenvalue weighted by Gasteiger charge is 2.03. The molecule has 80 valence electrons. The van der Waals surface area contributed by atoms with Gasteiger partial charge in [-0.2, -0.15) is 0 Å². The molecule has 0 bridgehead atoms. The van der Waals surface area contributed by atoms with Gasteiger partial charge in [0.05, 0.1) is 5.02 Å². The molecule has 0 aliphatic carbocycles. The zero-order valence-electron chi connectivity index (χ0n) is 8.28. The van der Waals surface area contributed by atoms with Crippen molar-refractivity contribution in [2.75, 3.05) is 0 Å². The van der Waals surface area contributed by atoms with Crippen molar-refractivity contribution >= 4 is 29.5 Å². The first kappa shape index (κ1) is 11.2. The molecule has 0 saturated heterocycles. The lowest BCUT2D eigenvalue weighted by molar-refractivity contribution is 0.112. The highest BCUT2D eigenvalue weighted by molar-refractivity contribution is 6.33. The molecular weight excluding hydrogens is 243 g/mol. The Morgan fingerprint density at radius 1 is 0.938 bits per heavy atom. The molecule has 0 radical (unpaired) electrons. The van der Waals surface area contributed by atoms with E-state index in [-0.39, 0.29) is 0 Å². The molecule has 0 fully saturated rings. The van der Waals surface area contributed by atoms with Gasteiger partial charge in [-0.3, -0.25) is 4.79 Å². The lowest BCUT2D eigenvalue weighted by Gasteiger charge is -2.04. The van der Waals surface area contributed by atoms with Crippen LogP contribution in [0.15, 0.2) is 42.5 Å². The Morgan fingerprint density at radius 3 is 2.38 bits per heavy atom. The van der Waals surface area contributed by atoms with Gasteiger partial charge in [-0.25, -0.2) is 0 Å². The van der Waals surface area contributed by atoms with Crippen LogP contribution in [0.2, 0.25) is 10.0 Å². The number of rotatable bonds is 2. The highest BCUT2D eigenvalue weighted by Crippen LogP contribution is 2.26. The summed E-state index contributed by atoms with van der Waals surface area (Å²) in [6.07, 6.45) is 0.746. The molecule has 0 aliphatic heterocycles. The molecule has 0 spiro atoms. The average molecular weight is 251 g/mol. The Labute approximate surface area is 104 Å². The van der Waals surface area contributed by atoms with Crippen LogP contribution in [0.3, 0.4) is 0 Å². The largest absolute Gasteiger partial charge is 0.298 e. The summed E-state index contributed by atoms with van der Waals surface area (Å²) in [5, 5.41) is 1.13. The van der Waals surface area contributed by atoms with Gasteiger partial charge in [-0.05, 0) is 35.4 Å². The van der Waals surface area contributed by atoms with Crippen molar-refractivity contribution in [2.45, 2.75) is 0 Å². The van der Waals surface area contributed by atoms with Crippen LogP contribution in [0.4, 0.5) is 0 Å². The van der Waals surface area contributed by atoms with Crippen LogP contribution in [0, 0.1) is 0 Å². The van der Waals surface area contributed by atoms with Crippen molar-refractivity contribution in [1.29, 1.82) is 0 Å². The van der Waals surface area contributed by atoms with Crippen molar-refractivity contribution in [1.82, 2.24) is 0 Å².